The van der Waals surface area contributed by atoms with Crippen LogP contribution in [-0.4, -0.2) is 18.2 Å². The first-order valence-corrected chi connectivity index (χ1v) is 4.60. The van der Waals surface area contributed by atoms with Gasteiger partial charge in [-0.2, -0.15) is 0 Å². The Bertz CT molecular complexity index is 388. The summed E-state index contributed by atoms with van der Waals surface area (Å²) in [4.78, 5) is 10.3. The fraction of sp³-hybridized carbons (Fsp3) is 0.182. The highest BCUT2D eigenvalue weighted by molar-refractivity contribution is 7.10. The number of carbonyl (C=O) groups is 1. The average molecular weight is 242 g/mol. The maximum absolute atomic E-state index is 10.3. The van der Waals surface area contributed by atoms with Crippen molar-refractivity contribution in [3.05, 3.63) is 29.8 Å². The molecule has 0 aromatic heterocycles. The van der Waals surface area contributed by atoms with Crippen LogP contribution in [0.1, 0.15) is 13.0 Å². The molecule has 1 unspecified atom stereocenters. The fourth-order valence-corrected chi connectivity index (χ4v) is 1.25. The normalized spacial score (nSPS) is 9.62. The third-order valence-electron chi connectivity index (χ3n) is 1.73. The van der Waals surface area contributed by atoms with Crippen molar-refractivity contribution in [1.82, 2.24) is 0 Å². The van der Waals surface area contributed by atoms with Gasteiger partial charge in [-0.25, -0.2) is 4.79 Å². The van der Waals surface area contributed by atoms with E-state index in [0.29, 0.717) is 11.5 Å². The zero-order valence-electron chi connectivity index (χ0n) is 8.14. The molecule has 0 bridgehead atoms. The molecule has 1 N–H and O–H groups in total. The molecule has 5 heteroatoms. The molecule has 0 aliphatic rings. The van der Waals surface area contributed by atoms with Gasteiger partial charge in [-0.05, 0) is 23.8 Å². The second-order valence-corrected chi connectivity index (χ2v) is 2.94. The molecule has 0 radical (unpaired) electrons. The zero-order valence-corrected chi connectivity index (χ0v) is 9.29. The molecule has 1 atom stereocenters. The molecule has 4 nitrogen and oxygen atoms in total. The first kappa shape index (κ1) is 14.5. The second kappa shape index (κ2) is 6.85. The monoisotopic (exact) mass is 242 g/mol. The van der Waals surface area contributed by atoms with Gasteiger partial charge < -0.3 is 14.4 Å². The lowest BCUT2D eigenvalue weighted by Gasteiger charge is -2.07. The van der Waals surface area contributed by atoms with Crippen LogP contribution in [0.2, 0.25) is 0 Å². The Morgan fingerprint density at radius 3 is 2.62 bits per heavy atom. The smallest absolute Gasteiger partial charge is 0.328 e. The quantitative estimate of drug-likeness (QED) is 0.651. The van der Waals surface area contributed by atoms with E-state index < -0.39 is 5.97 Å². The molecule has 0 amide bonds. The highest BCUT2D eigenvalue weighted by Gasteiger charge is 2.02. The van der Waals surface area contributed by atoms with Crippen LogP contribution in [0.25, 0.3) is 6.08 Å². The lowest BCUT2D eigenvalue weighted by molar-refractivity contribution is -0.131. The molecular weight excluding hydrogens is 227 g/mol. The van der Waals surface area contributed by atoms with Gasteiger partial charge in [0.15, 0.2) is 11.5 Å². The van der Waals surface area contributed by atoms with Crippen molar-refractivity contribution in [2.45, 2.75) is 7.43 Å². The predicted molar refractivity (Wildman–Crippen MR) is 66.7 cm³/mol. The van der Waals surface area contributed by atoms with Crippen molar-refractivity contribution in [2.75, 3.05) is 7.11 Å². The number of carboxylic acid groups (broad SMARTS) is 1. The Kier molecular flexibility index (Phi) is 6.19. The van der Waals surface area contributed by atoms with Crippen molar-refractivity contribution >= 4 is 21.5 Å². The molecule has 16 heavy (non-hydrogen) atoms. The Balaban J connectivity index is 0.00000225. The van der Waals surface area contributed by atoms with Gasteiger partial charge in [0.2, 0.25) is 0 Å². The predicted octanol–water partition coefficient (Wildman–Crippen LogP) is 2.60. The Morgan fingerprint density at radius 1 is 1.44 bits per heavy atom. The van der Waals surface area contributed by atoms with Crippen LogP contribution in [0.4, 0.5) is 0 Å². The lowest BCUT2D eigenvalue weighted by Crippen LogP contribution is -1.88. The first-order valence-electron chi connectivity index (χ1n) is 4.13. The number of benzene rings is 1. The second-order valence-electron chi connectivity index (χ2n) is 2.70. The minimum absolute atomic E-state index is 0. The summed E-state index contributed by atoms with van der Waals surface area (Å²) in [6.45, 7) is 0. The molecule has 0 aliphatic heterocycles. The van der Waals surface area contributed by atoms with Crippen molar-refractivity contribution < 1.29 is 19.2 Å². The lowest BCUT2D eigenvalue weighted by atomic mass is 10.2. The van der Waals surface area contributed by atoms with Gasteiger partial charge in [-0.3, -0.25) is 0 Å². The number of aliphatic carboxylic acids is 1. The van der Waals surface area contributed by atoms with Gasteiger partial charge in [0.25, 0.3) is 0 Å². The van der Waals surface area contributed by atoms with Crippen LogP contribution in [-0.2, 0) is 4.79 Å². The number of hydrogen-bond donors (Lipinski definition) is 1. The van der Waals surface area contributed by atoms with Crippen LogP contribution in [0.3, 0.4) is 0 Å². The van der Waals surface area contributed by atoms with E-state index in [1.165, 1.54) is 13.2 Å². The Morgan fingerprint density at radius 2 is 2.12 bits per heavy atom. The molecule has 0 saturated carbocycles. The fourth-order valence-electron chi connectivity index (χ4n) is 1.05. The summed E-state index contributed by atoms with van der Waals surface area (Å²) in [5.74, 6) is 0.146. The van der Waals surface area contributed by atoms with E-state index in [0.717, 1.165) is 11.6 Å². The van der Waals surface area contributed by atoms with E-state index in [-0.39, 0.29) is 7.43 Å². The highest BCUT2D eigenvalue weighted by Crippen LogP contribution is 2.29. The van der Waals surface area contributed by atoms with Gasteiger partial charge in [-0.1, -0.05) is 13.5 Å². The van der Waals surface area contributed by atoms with Crippen LogP contribution in [0.5, 0.6) is 11.5 Å². The van der Waals surface area contributed by atoms with Crippen LogP contribution in [0.15, 0.2) is 24.3 Å². The van der Waals surface area contributed by atoms with E-state index in [9.17, 15) is 4.79 Å². The van der Waals surface area contributed by atoms with Crippen molar-refractivity contribution in [1.29, 1.82) is 0 Å². The summed E-state index contributed by atoms with van der Waals surface area (Å²) < 4.78 is 10.0. The van der Waals surface area contributed by atoms with E-state index in [4.69, 9.17) is 14.4 Å². The van der Waals surface area contributed by atoms with Crippen LogP contribution in [0, 0.1) is 0 Å². The third-order valence-corrected chi connectivity index (χ3v) is 1.99. The molecule has 88 valence electrons. The van der Waals surface area contributed by atoms with Gasteiger partial charge in [0, 0.05) is 6.08 Å². The minimum atomic E-state index is -0.986. The molecule has 0 spiro atoms. The topological polar surface area (TPSA) is 55.8 Å². The number of rotatable bonds is 4. The molecule has 0 fully saturated rings. The summed E-state index contributed by atoms with van der Waals surface area (Å²) >= 11 is 0. The number of carboxylic acids is 1. The number of methoxy groups -OCH3 is 1. The van der Waals surface area contributed by atoms with Crippen molar-refractivity contribution in [3.8, 4) is 11.5 Å². The third kappa shape index (κ3) is 3.91. The van der Waals surface area contributed by atoms with Crippen LogP contribution >= 0.6 is 9.47 Å². The summed E-state index contributed by atoms with van der Waals surface area (Å²) in [5, 5.41) is 8.46. The zero-order chi connectivity index (χ0) is 11.3. The minimum Gasteiger partial charge on any atom is -0.493 e. The largest absolute Gasteiger partial charge is 0.493 e. The molecule has 1 rings (SSSR count). The van der Waals surface area contributed by atoms with Crippen molar-refractivity contribution in [2.24, 2.45) is 0 Å². The molecule has 0 aliphatic carbocycles. The molecule has 0 heterocycles. The first-order chi connectivity index (χ1) is 7.17. The van der Waals surface area contributed by atoms with Gasteiger partial charge >= 0.3 is 5.97 Å². The Labute approximate surface area is 97.2 Å². The maximum Gasteiger partial charge on any atom is 0.328 e. The van der Waals surface area contributed by atoms with E-state index >= 15 is 0 Å². The molecular formula is C11H15O4P. The Hall–Kier alpha value is -1.54. The van der Waals surface area contributed by atoms with Gasteiger partial charge in [0.05, 0.1) is 16.6 Å². The SMILES string of the molecule is C.COc1cc(/C=C/C(=O)O)ccc1OP. The molecule has 1 aromatic rings. The van der Waals surface area contributed by atoms with Crippen LogP contribution < -0.4 is 9.26 Å². The summed E-state index contributed by atoms with van der Waals surface area (Å²) in [5.41, 5.74) is 0.736. The van der Waals surface area contributed by atoms with E-state index in [1.54, 1.807) is 18.2 Å². The van der Waals surface area contributed by atoms with E-state index in [2.05, 4.69) is 9.47 Å². The maximum atomic E-state index is 10.3. The molecule has 1 aromatic carbocycles. The summed E-state index contributed by atoms with van der Waals surface area (Å²) in [7, 11) is 3.64. The standard InChI is InChI=1S/C10H11O4P.CH4/c1-13-9-6-7(3-5-10(11)12)2-4-8(9)14-15;/h2-6H,15H2,1H3,(H,11,12);1H4/b5-3+;. The number of hydrogen-bond acceptors (Lipinski definition) is 3. The number of ether oxygens (including phenoxy) is 1. The van der Waals surface area contributed by atoms with Crippen molar-refractivity contribution in [3.63, 3.8) is 0 Å². The van der Waals surface area contributed by atoms with Gasteiger partial charge in [0.1, 0.15) is 0 Å². The van der Waals surface area contributed by atoms with Gasteiger partial charge in [-0.15, -0.1) is 0 Å². The summed E-state index contributed by atoms with van der Waals surface area (Å²) in [6.07, 6.45) is 2.55. The van der Waals surface area contributed by atoms with E-state index in [1.807, 2.05) is 0 Å². The highest BCUT2D eigenvalue weighted by atomic mass is 31.0. The molecule has 0 saturated heterocycles. The average Bonchev–Trinajstić information content (AvgIpc) is 2.25. The summed E-state index contributed by atoms with van der Waals surface area (Å²) in [6, 6.07) is 5.13.